The largest absolute Gasteiger partial charge is 0.350 e. The molecule has 5 aliphatic heterocycles. The van der Waals surface area contributed by atoms with E-state index >= 15 is 0 Å². The Balaban J connectivity index is 1.52. The van der Waals surface area contributed by atoms with Crippen molar-refractivity contribution >= 4 is 9.84 Å². The zero-order chi connectivity index (χ0) is 19.0. The van der Waals surface area contributed by atoms with Gasteiger partial charge in [-0.05, 0) is 38.0 Å². The van der Waals surface area contributed by atoms with Crippen molar-refractivity contribution in [2.24, 2.45) is 23.7 Å². The van der Waals surface area contributed by atoms with Gasteiger partial charge in [-0.15, -0.1) is 0 Å². The molecular weight excluding hydrogens is 370 g/mol. The lowest BCUT2D eigenvalue weighted by molar-refractivity contribution is -0.573. The van der Waals surface area contributed by atoms with E-state index in [4.69, 9.17) is 19.2 Å². The number of rotatable bonds is 1. The molecule has 0 aromatic carbocycles. The van der Waals surface area contributed by atoms with Crippen LogP contribution in [0, 0.1) is 23.7 Å². The van der Waals surface area contributed by atoms with Crippen molar-refractivity contribution in [2.45, 2.75) is 70.4 Å². The molecule has 7 nitrogen and oxygen atoms in total. The van der Waals surface area contributed by atoms with Gasteiger partial charge >= 0.3 is 0 Å². The van der Waals surface area contributed by atoms with Crippen LogP contribution < -0.4 is 0 Å². The summed E-state index contributed by atoms with van der Waals surface area (Å²) in [6, 6.07) is 0. The Hall–Kier alpha value is -0.670. The van der Waals surface area contributed by atoms with Crippen LogP contribution in [0.1, 0.15) is 46.5 Å². The van der Waals surface area contributed by atoms with Crippen molar-refractivity contribution in [3.63, 3.8) is 0 Å². The first-order chi connectivity index (χ1) is 12.7. The second kappa shape index (κ2) is 5.92. The number of hydrogen-bond acceptors (Lipinski definition) is 7. The fourth-order valence-corrected chi connectivity index (χ4v) is 6.97. The van der Waals surface area contributed by atoms with Crippen LogP contribution in [0.15, 0.2) is 11.6 Å². The first-order valence-electron chi connectivity index (χ1n) is 10.1. The van der Waals surface area contributed by atoms with E-state index in [1.54, 1.807) is 6.20 Å². The third-order valence-corrected chi connectivity index (χ3v) is 8.83. The van der Waals surface area contributed by atoms with Gasteiger partial charge in [0.25, 0.3) is 0 Å². The molecule has 0 N–H and O–H groups in total. The van der Waals surface area contributed by atoms with Crippen molar-refractivity contribution < 1.29 is 27.7 Å². The van der Waals surface area contributed by atoms with E-state index in [0.29, 0.717) is 18.4 Å². The van der Waals surface area contributed by atoms with Gasteiger partial charge in [0.15, 0.2) is 21.7 Å². The molecule has 2 bridgehead atoms. The molecule has 4 saturated heterocycles. The maximum absolute atomic E-state index is 11.8. The van der Waals surface area contributed by atoms with Crippen LogP contribution in [0.3, 0.4) is 0 Å². The van der Waals surface area contributed by atoms with E-state index in [2.05, 4.69) is 13.8 Å². The quantitative estimate of drug-likeness (QED) is 0.627. The van der Waals surface area contributed by atoms with E-state index in [0.717, 1.165) is 25.7 Å². The van der Waals surface area contributed by atoms with Gasteiger partial charge in [0.2, 0.25) is 5.79 Å². The maximum atomic E-state index is 11.8. The third kappa shape index (κ3) is 2.64. The predicted octanol–water partition coefficient (Wildman–Crippen LogP) is 2.40. The number of hydrogen-bond donors (Lipinski definition) is 0. The minimum atomic E-state index is -3.10. The minimum Gasteiger partial charge on any atom is -0.350 e. The molecule has 27 heavy (non-hydrogen) atoms. The average Bonchev–Trinajstić information content (AvgIpc) is 2.85. The van der Waals surface area contributed by atoms with Crippen LogP contribution in [-0.2, 0) is 29.1 Å². The molecule has 0 aromatic rings. The molecule has 3 unspecified atom stereocenters. The zero-order valence-electron chi connectivity index (χ0n) is 16.2. The van der Waals surface area contributed by atoms with Crippen LogP contribution in [-0.4, -0.2) is 49.5 Å². The van der Waals surface area contributed by atoms with E-state index in [1.165, 1.54) is 5.41 Å². The van der Waals surface area contributed by atoms with Crippen LogP contribution in [0.25, 0.3) is 0 Å². The molecule has 8 heteroatoms. The van der Waals surface area contributed by atoms with E-state index < -0.39 is 27.5 Å². The van der Waals surface area contributed by atoms with Gasteiger partial charge in [0, 0.05) is 36.4 Å². The number of nitrogens with zero attached hydrogens (tertiary/aromatic N) is 1. The minimum absolute atomic E-state index is 0.119. The first kappa shape index (κ1) is 18.4. The van der Waals surface area contributed by atoms with Gasteiger partial charge in [-0.2, -0.15) is 0 Å². The van der Waals surface area contributed by atoms with Crippen LogP contribution in [0.5, 0.6) is 0 Å². The van der Waals surface area contributed by atoms with Gasteiger partial charge in [0.1, 0.15) is 6.23 Å². The lowest BCUT2D eigenvalue weighted by Crippen LogP contribution is -2.71. The van der Waals surface area contributed by atoms with Gasteiger partial charge in [-0.25, -0.2) is 18.2 Å². The Kier molecular flexibility index (Phi) is 4.03. The average molecular weight is 400 g/mol. The molecule has 6 rings (SSSR count). The van der Waals surface area contributed by atoms with Gasteiger partial charge in [-0.3, -0.25) is 0 Å². The second-order valence-corrected chi connectivity index (χ2v) is 11.2. The predicted molar refractivity (Wildman–Crippen MR) is 96.5 cm³/mol. The third-order valence-electron chi connectivity index (χ3n) is 7.54. The van der Waals surface area contributed by atoms with Crippen molar-refractivity contribution in [2.75, 3.05) is 12.3 Å². The summed E-state index contributed by atoms with van der Waals surface area (Å²) < 4.78 is 36.4. The summed E-state index contributed by atoms with van der Waals surface area (Å²) in [5, 5.41) is 1.30. The summed E-state index contributed by atoms with van der Waals surface area (Å²) in [6.07, 6.45) is 4.93. The van der Waals surface area contributed by atoms with Crippen molar-refractivity contribution in [1.29, 1.82) is 0 Å². The molecule has 0 radical (unpaired) electrons. The highest BCUT2D eigenvalue weighted by Gasteiger charge is 2.69. The molecule has 6 aliphatic rings. The van der Waals surface area contributed by atoms with E-state index in [-0.39, 0.29) is 23.8 Å². The second-order valence-electron chi connectivity index (χ2n) is 9.19. The molecular formula is C19H29NO6S. The highest BCUT2D eigenvalue weighted by atomic mass is 32.2. The van der Waals surface area contributed by atoms with E-state index in [1.807, 2.05) is 11.8 Å². The highest BCUT2D eigenvalue weighted by molar-refractivity contribution is 7.94. The van der Waals surface area contributed by atoms with Crippen LogP contribution in [0.2, 0.25) is 0 Å². The van der Waals surface area contributed by atoms with Gasteiger partial charge in [0.05, 0.1) is 5.75 Å². The normalized spacial score (nSPS) is 53.7. The zero-order valence-corrected chi connectivity index (χ0v) is 17.0. The molecule has 1 spiro atoms. The summed E-state index contributed by atoms with van der Waals surface area (Å²) in [5.74, 6) is 0.626. The van der Waals surface area contributed by atoms with Crippen molar-refractivity contribution in [1.82, 2.24) is 4.90 Å². The molecule has 5 heterocycles. The fourth-order valence-electron chi connectivity index (χ4n) is 6.02. The first-order valence-corrected chi connectivity index (χ1v) is 11.8. The Morgan fingerprint density at radius 2 is 1.93 bits per heavy atom. The summed E-state index contributed by atoms with van der Waals surface area (Å²) in [5.41, 5.74) is -0.574. The Morgan fingerprint density at radius 1 is 1.11 bits per heavy atom. The number of fused-ring (bicyclic) bond motifs is 2. The molecule has 5 fully saturated rings. The lowest BCUT2D eigenvalue weighted by atomic mass is 9.58. The Bertz CT molecular complexity index is 755. The maximum Gasteiger partial charge on any atom is 0.201 e. The highest BCUT2D eigenvalue weighted by Crippen LogP contribution is 2.60. The Labute approximate surface area is 160 Å². The monoisotopic (exact) mass is 399 g/mol. The van der Waals surface area contributed by atoms with Gasteiger partial charge in [-0.1, -0.05) is 13.8 Å². The standard InChI is InChI=1S/C19H29NO6S/c1-12-4-5-15-13(2)16(20-8-10-27(21,22)11-9-20)23-17-19(15)14(12)6-7-18(3,24-17)25-26-19/h8,10,12-17H,4-7,9,11H2,1-3H3/t12-,13-,14?,15?,16-,17?,18+,19-/m1/s1. The topological polar surface area (TPSA) is 74.3 Å². The number of ether oxygens (including phenoxy) is 2. The molecule has 0 amide bonds. The summed E-state index contributed by atoms with van der Waals surface area (Å²) >= 11 is 0. The summed E-state index contributed by atoms with van der Waals surface area (Å²) in [7, 11) is -3.10. The molecule has 1 aliphatic carbocycles. The molecule has 152 valence electrons. The van der Waals surface area contributed by atoms with Crippen LogP contribution >= 0.6 is 0 Å². The van der Waals surface area contributed by atoms with Gasteiger partial charge < -0.3 is 14.4 Å². The fraction of sp³-hybridized carbons (Fsp3) is 0.895. The lowest BCUT2D eigenvalue weighted by Gasteiger charge is -2.61. The van der Waals surface area contributed by atoms with E-state index in [9.17, 15) is 8.42 Å². The smallest absolute Gasteiger partial charge is 0.201 e. The Morgan fingerprint density at radius 3 is 2.67 bits per heavy atom. The van der Waals surface area contributed by atoms with Crippen LogP contribution in [0.4, 0.5) is 0 Å². The SMILES string of the molecule is C[C@@H]1CCC2[C@@H](C)[C@H](N3C=CS(=O)(=O)CC3)OC3O[C@]4(C)CCC1[C@]32OO4. The number of sulfone groups is 1. The summed E-state index contributed by atoms with van der Waals surface area (Å²) in [6.45, 7) is 6.84. The molecule has 0 aromatic heterocycles. The molecule has 8 atom stereocenters. The molecule has 1 saturated carbocycles. The summed E-state index contributed by atoms with van der Waals surface area (Å²) in [4.78, 5) is 14.0. The van der Waals surface area contributed by atoms with Crippen molar-refractivity contribution in [3.05, 3.63) is 11.6 Å². The van der Waals surface area contributed by atoms with Crippen molar-refractivity contribution in [3.8, 4) is 0 Å².